The second-order valence-electron chi connectivity index (χ2n) is 6.66. The number of hydrogen-bond acceptors (Lipinski definition) is 3. The molecular weight excluding hydrogens is 298 g/mol. The summed E-state index contributed by atoms with van der Waals surface area (Å²) in [6.45, 7) is 16.4. The van der Waals surface area contributed by atoms with E-state index in [0.717, 1.165) is 23.6 Å². The van der Waals surface area contributed by atoms with Gasteiger partial charge in [-0.2, -0.15) is 0 Å². The van der Waals surface area contributed by atoms with Crippen molar-refractivity contribution in [2.24, 2.45) is 0 Å². The van der Waals surface area contributed by atoms with E-state index >= 15 is 0 Å². The maximum Gasteiger partial charge on any atom is 0.251 e. The molecule has 4 heteroatoms. The van der Waals surface area contributed by atoms with Crippen LogP contribution in [0, 0.1) is 0 Å². The molecule has 1 amide bonds. The highest BCUT2D eigenvalue weighted by atomic mass is 16.1. The molecule has 0 unspecified atom stereocenters. The van der Waals surface area contributed by atoms with E-state index in [4.69, 9.17) is 4.98 Å². The van der Waals surface area contributed by atoms with Crippen molar-refractivity contribution >= 4 is 17.3 Å². The summed E-state index contributed by atoms with van der Waals surface area (Å²) >= 11 is 0. The Hall–Kier alpha value is -2.36. The van der Waals surface area contributed by atoms with Gasteiger partial charge in [0.15, 0.2) is 0 Å². The van der Waals surface area contributed by atoms with Crippen LogP contribution in [0.15, 0.2) is 43.1 Å². The van der Waals surface area contributed by atoms with Gasteiger partial charge in [0, 0.05) is 23.8 Å². The lowest BCUT2D eigenvalue weighted by Gasteiger charge is -2.22. The molecule has 0 saturated carbocycles. The normalized spacial score (nSPS) is 12.3. The molecule has 0 saturated heterocycles. The highest BCUT2D eigenvalue weighted by Gasteiger charge is 2.18. The summed E-state index contributed by atoms with van der Waals surface area (Å²) in [7, 11) is 0. The Morgan fingerprint density at radius 2 is 2.04 bits per heavy atom. The van der Waals surface area contributed by atoms with Gasteiger partial charge in [-0.25, -0.2) is 4.98 Å². The topological polar surface area (TPSA) is 45.2 Å². The minimum absolute atomic E-state index is 0.102. The lowest BCUT2D eigenvalue weighted by atomic mass is 10.1. The first-order valence-electron chi connectivity index (χ1n) is 8.25. The van der Waals surface area contributed by atoms with E-state index < -0.39 is 0 Å². The van der Waals surface area contributed by atoms with Crippen LogP contribution in [0.1, 0.15) is 57.6 Å². The molecule has 1 aromatic rings. The zero-order chi connectivity index (χ0) is 18.3. The summed E-state index contributed by atoms with van der Waals surface area (Å²) in [4.78, 5) is 19.3. The van der Waals surface area contributed by atoms with Gasteiger partial charge < -0.3 is 10.2 Å². The lowest BCUT2D eigenvalue weighted by molar-refractivity contribution is 0.0919. The zero-order valence-electron chi connectivity index (χ0n) is 15.7. The van der Waals surface area contributed by atoms with E-state index in [-0.39, 0.29) is 11.4 Å². The third-order valence-corrected chi connectivity index (χ3v) is 3.30. The first kappa shape index (κ1) is 19.7. The van der Waals surface area contributed by atoms with E-state index in [1.54, 1.807) is 6.08 Å². The second-order valence-corrected chi connectivity index (χ2v) is 6.66. The molecule has 0 fully saturated rings. The monoisotopic (exact) mass is 327 g/mol. The molecule has 1 aromatic heterocycles. The van der Waals surface area contributed by atoms with Crippen molar-refractivity contribution in [3.8, 4) is 0 Å². The highest BCUT2D eigenvalue weighted by Crippen LogP contribution is 2.21. The third kappa shape index (κ3) is 5.69. The van der Waals surface area contributed by atoms with Crippen LogP contribution in [0.3, 0.4) is 0 Å². The Morgan fingerprint density at radius 3 is 2.54 bits per heavy atom. The molecule has 1 N–H and O–H groups in total. The molecule has 24 heavy (non-hydrogen) atoms. The fourth-order valence-electron chi connectivity index (χ4n) is 2.19. The third-order valence-electron chi connectivity index (χ3n) is 3.30. The minimum Gasteiger partial charge on any atom is -0.347 e. The van der Waals surface area contributed by atoms with E-state index in [0.29, 0.717) is 5.56 Å². The molecule has 0 radical (unpaired) electrons. The molecule has 1 heterocycles. The number of nitrogens with one attached hydrogen (secondary N) is 1. The van der Waals surface area contributed by atoms with E-state index in [9.17, 15) is 4.79 Å². The smallest absolute Gasteiger partial charge is 0.251 e. The number of amides is 1. The molecular formula is C20H29N3O. The molecule has 0 bridgehead atoms. The van der Waals surface area contributed by atoms with Crippen LogP contribution >= 0.6 is 0 Å². The van der Waals surface area contributed by atoms with Crippen molar-refractivity contribution in [3.63, 3.8) is 0 Å². The molecule has 0 aromatic carbocycles. The van der Waals surface area contributed by atoms with Crippen molar-refractivity contribution in [1.29, 1.82) is 0 Å². The van der Waals surface area contributed by atoms with Gasteiger partial charge >= 0.3 is 0 Å². The molecule has 0 aliphatic carbocycles. The van der Waals surface area contributed by atoms with Gasteiger partial charge in [0.25, 0.3) is 5.91 Å². The maximum absolute atomic E-state index is 12.6. The van der Waals surface area contributed by atoms with Gasteiger partial charge in [0.05, 0.1) is 5.69 Å². The lowest BCUT2D eigenvalue weighted by Crippen LogP contribution is -2.40. The van der Waals surface area contributed by atoms with Crippen molar-refractivity contribution < 1.29 is 4.79 Å². The summed E-state index contributed by atoms with van der Waals surface area (Å²) in [5.41, 5.74) is 2.05. The average Bonchev–Trinajstić information content (AvgIpc) is 2.50. The molecule has 0 atom stereocenters. The molecule has 4 nitrogen and oxygen atoms in total. The summed E-state index contributed by atoms with van der Waals surface area (Å²) in [6.07, 6.45) is 7.54. The van der Waals surface area contributed by atoms with Crippen molar-refractivity contribution in [3.05, 3.63) is 54.4 Å². The minimum atomic E-state index is -0.291. The van der Waals surface area contributed by atoms with E-state index in [2.05, 4.69) is 18.8 Å². The van der Waals surface area contributed by atoms with Gasteiger partial charge in [-0.3, -0.25) is 4.79 Å². The Balaban J connectivity index is 3.42. The van der Waals surface area contributed by atoms with Gasteiger partial charge in [0.2, 0.25) is 0 Å². The molecule has 0 aliphatic rings. The Morgan fingerprint density at radius 1 is 1.38 bits per heavy atom. The quantitative estimate of drug-likeness (QED) is 0.779. The van der Waals surface area contributed by atoms with Crippen molar-refractivity contribution in [1.82, 2.24) is 10.3 Å². The second kappa shape index (κ2) is 8.48. The van der Waals surface area contributed by atoms with Crippen LogP contribution in [-0.2, 0) is 0 Å². The van der Waals surface area contributed by atoms with Crippen LogP contribution in [0.4, 0.5) is 5.82 Å². The number of anilines is 1. The predicted octanol–water partition coefficient (Wildman–Crippen LogP) is 4.56. The van der Waals surface area contributed by atoms with E-state index in [1.807, 2.05) is 70.0 Å². The van der Waals surface area contributed by atoms with Crippen molar-refractivity contribution in [2.75, 3.05) is 11.4 Å². The summed E-state index contributed by atoms with van der Waals surface area (Å²) < 4.78 is 0. The largest absolute Gasteiger partial charge is 0.347 e. The highest BCUT2D eigenvalue weighted by molar-refractivity contribution is 5.96. The van der Waals surface area contributed by atoms with Crippen LogP contribution in [0.5, 0.6) is 0 Å². The number of allylic oxidation sites excluding steroid dienone is 4. The Labute approximate surface area is 146 Å². The number of carbonyl (C=O) groups is 1. The fraction of sp³-hybridized carbons (Fsp3) is 0.400. The van der Waals surface area contributed by atoms with E-state index in [1.165, 1.54) is 0 Å². The number of hydrogen-bond donors (Lipinski definition) is 1. The first-order valence-corrected chi connectivity index (χ1v) is 8.25. The summed E-state index contributed by atoms with van der Waals surface area (Å²) in [5.74, 6) is 0.652. The Bertz CT molecular complexity index is 651. The van der Waals surface area contributed by atoms with Crippen LogP contribution < -0.4 is 10.2 Å². The van der Waals surface area contributed by atoms with Crippen LogP contribution in [-0.4, -0.2) is 23.0 Å². The SMILES string of the molecule is C=C/C=C(\C)c1cc(C(=O)NC(C)(C)C)cc(N(/C=C\C)CC)n1. The molecule has 1 rings (SSSR count). The maximum atomic E-state index is 12.6. The summed E-state index contributed by atoms with van der Waals surface area (Å²) in [6, 6.07) is 3.65. The average molecular weight is 327 g/mol. The number of pyridine rings is 1. The van der Waals surface area contributed by atoms with Gasteiger partial charge in [-0.1, -0.05) is 24.8 Å². The standard InChI is InChI=1S/C20H29N3O/c1-8-11-15(4)17-13-16(19(24)22-20(5,6)7)14-18(21-17)23(10-3)12-9-2/h8-9,11-14H,1,10H2,2-7H3,(H,22,24)/b12-9-,15-11+. The summed E-state index contributed by atoms with van der Waals surface area (Å²) in [5, 5.41) is 3.01. The number of rotatable bonds is 6. The van der Waals surface area contributed by atoms with Gasteiger partial charge in [0.1, 0.15) is 5.82 Å². The number of nitrogens with zero attached hydrogens (tertiary/aromatic N) is 2. The van der Waals surface area contributed by atoms with Crippen LogP contribution in [0.2, 0.25) is 0 Å². The van der Waals surface area contributed by atoms with Crippen LogP contribution in [0.25, 0.3) is 5.57 Å². The zero-order valence-corrected chi connectivity index (χ0v) is 15.7. The fourth-order valence-corrected chi connectivity index (χ4v) is 2.19. The number of carbonyl (C=O) groups excluding carboxylic acids is 1. The van der Waals surface area contributed by atoms with Crippen molar-refractivity contribution in [2.45, 2.75) is 47.1 Å². The Kier molecular flexibility index (Phi) is 6.96. The first-order chi connectivity index (χ1) is 11.2. The van der Waals surface area contributed by atoms with Gasteiger partial charge in [-0.05, 0) is 59.2 Å². The number of aromatic nitrogens is 1. The van der Waals surface area contributed by atoms with Gasteiger partial charge in [-0.15, -0.1) is 0 Å². The molecule has 130 valence electrons. The molecule has 0 spiro atoms. The predicted molar refractivity (Wildman–Crippen MR) is 103 cm³/mol. The molecule has 0 aliphatic heterocycles.